The van der Waals surface area contributed by atoms with Crippen LogP contribution in [0.5, 0.6) is 5.88 Å². The number of ether oxygens (including phenoxy) is 1. The van der Waals surface area contributed by atoms with Crippen molar-refractivity contribution < 1.29 is 4.74 Å². The van der Waals surface area contributed by atoms with Gasteiger partial charge in [0.25, 0.3) is 0 Å². The first-order valence-electron chi connectivity index (χ1n) is 6.67. The lowest BCUT2D eigenvalue weighted by Crippen LogP contribution is -2.32. The number of aromatic nitrogens is 2. The predicted octanol–water partition coefficient (Wildman–Crippen LogP) is 1.94. The fourth-order valence-electron chi connectivity index (χ4n) is 2.77. The van der Waals surface area contributed by atoms with Crippen LogP contribution in [0.15, 0.2) is 24.5 Å². The number of anilines is 2. The van der Waals surface area contributed by atoms with Crippen molar-refractivity contribution in [2.24, 2.45) is 0 Å². The highest BCUT2D eigenvalue weighted by Crippen LogP contribution is 2.30. The number of hydrogen-bond donors (Lipinski definition) is 1. The molecule has 1 aromatic heterocycles. The molecule has 0 bridgehead atoms. The van der Waals surface area contributed by atoms with Gasteiger partial charge >= 0.3 is 0 Å². The van der Waals surface area contributed by atoms with Crippen LogP contribution in [0.1, 0.15) is 16.7 Å². The number of rotatable bonds is 2. The van der Waals surface area contributed by atoms with E-state index in [0.29, 0.717) is 5.88 Å². The van der Waals surface area contributed by atoms with Gasteiger partial charge in [-0.2, -0.15) is 0 Å². The van der Waals surface area contributed by atoms with Crippen molar-refractivity contribution in [1.82, 2.24) is 9.97 Å². The molecular weight excluding hydrogens is 252 g/mol. The molecule has 5 nitrogen and oxygen atoms in total. The first-order valence-corrected chi connectivity index (χ1v) is 6.67. The highest BCUT2D eigenvalue weighted by atomic mass is 16.5. The second kappa shape index (κ2) is 5.00. The Morgan fingerprint density at radius 1 is 1.30 bits per heavy atom. The minimum Gasteiger partial charge on any atom is -0.481 e. The Kier molecular flexibility index (Phi) is 3.18. The second-order valence-corrected chi connectivity index (χ2v) is 4.99. The zero-order chi connectivity index (χ0) is 14.1. The Morgan fingerprint density at radius 2 is 2.15 bits per heavy atom. The topological polar surface area (TPSA) is 64.3 Å². The molecule has 0 unspecified atom stereocenters. The van der Waals surface area contributed by atoms with Crippen LogP contribution in [0.25, 0.3) is 0 Å². The van der Waals surface area contributed by atoms with Crippen molar-refractivity contribution in [1.29, 1.82) is 0 Å². The third-order valence-electron chi connectivity index (χ3n) is 3.81. The molecule has 20 heavy (non-hydrogen) atoms. The number of nitrogen functional groups attached to an aromatic ring is 1. The van der Waals surface area contributed by atoms with Crippen molar-refractivity contribution in [3.05, 3.63) is 41.2 Å². The van der Waals surface area contributed by atoms with Gasteiger partial charge in [0.15, 0.2) is 0 Å². The van der Waals surface area contributed by atoms with Crippen molar-refractivity contribution in [2.45, 2.75) is 19.9 Å². The van der Waals surface area contributed by atoms with Crippen LogP contribution in [-0.4, -0.2) is 23.6 Å². The summed E-state index contributed by atoms with van der Waals surface area (Å²) in [5.41, 5.74) is 10.4. The van der Waals surface area contributed by atoms with Crippen LogP contribution in [0.3, 0.4) is 0 Å². The SMILES string of the molecule is COc1ncnc(N2CCc3c(N)cccc3C2)c1C. The number of nitrogens with zero attached hydrogens (tertiary/aromatic N) is 3. The van der Waals surface area contributed by atoms with Gasteiger partial charge in [-0.05, 0) is 30.5 Å². The van der Waals surface area contributed by atoms with E-state index in [4.69, 9.17) is 10.5 Å². The predicted molar refractivity (Wildman–Crippen MR) is 78.9 cm³/mol. The summed E-state index contributed by atoms with van der Waals surface area (Å²) in [6, 6.07) is 6.10. The largest absolute Gasteiger partial charge is 0.481 e. The maximum Gasteiger partial charge on any atom is 0.221 e. The van der Waals surface area contributed by atoms with E-state index in [-0.39, 0.29) is 0 Å². The van der Waals surface area contributed by atoms with E-state index >= 15 is 0 Å². The third-order valence-corrected chi connectivity index (χ3v) is 3.81. The van der Waals surface area contributed by atoms with Crippen LogP contribution in [0, 0.1) is 6.92 Å². The molecule has 0 fully saturated rings. The van der Waals surface area contributed by atoms with Crippen LogP contribution in [0.4, 0.5) is 11.5 Å². The number of hydrogen-bond acceptors (Lipinski definition) is 5. The van der Waals surface area contributed by atoms with E-state index in [1.54, 1.807) is 13.4 Å². The molecule has 0 atom stereocenters. The molecule has 1 aliphatic rings. The van der Waals surface area contributed by atoms with Gasteiger partial charge in [-0.15, -0.1) is 0 Å². The molecule has 3 rings (SSSR count). The molecule has 2 aromatic rings. The first-order chi connectivity index (χ1) is 9.70. The highest BCUT2D eigenvalue weighted by molar-refractivity contribution is 5.57. The van der Waals surface area contributed by atoms with Gasteiger partial charge in [-0.25, -0.2) is 9.97 Å². The number of nitrogens with two attached hydrogens (primary N) is 1. The normalized spacial score (nSPS) is 14.0. The van der Waals surface area contributed by atoms with E-state index in [1.165, 1.54) is 11.1 Å². The van der Waals surface area contributed by atoms with Crippen molar-refractivity contribution in [3.8, 4) is 5.88 Å². The van der Waals surface area contributed by atoms with Gasteiger partial charge in [-0.3, -0.25) is 0 Å². The van der Waals surface area contributed by atoms with Crippen LogP contribution >= 0.6 is 0 Å². The summed E-state index contributed by atoms with van der Waals surface area (Å²) < 4.78 is 5.27. The molecule has 0 amide bonds. The van der Waals surface area contributed by atoms with Crippen LogP contribution in [0.2, 0.25) is 0 Å². The molecular formula is C15H18N4O. The Labute approximate surface area is 118 Å². The summed E-state index contributed by atoms with van der Waals surface area (Å²) in [5.74, 6) is 1.57. The summed E-state index contributed by atoms with van der Waals surface area (Å²) in [5, 5.41) is 0. The molecule has 0 aliphatic carbocycles. The molecule has 2 N–H and O–H groups in total. The molecule has 2 heterocycles. The lowest BCUT2D eigenvalue weighted by molar-refractivity contribution is 0.393. The average molecular weight is 270 g/mol. The molecule has 1 aliphatic heterocycles. The quantitative estimate of drug-likeness (QED) is 0.845. The van der Waals surface area contributed by atoms with Crippen molar-refractivity contribution in [2.75, 3.05) is 24.3 Å². The average Bonchev–Trinajstić information content (AvgIpc) is 2.47. The Morgan fingerprint density at radius 3 is 2.95 bits per heavy atom. The van der Waals surface area contributed by atoms with Crippen LogP contribution in [-0.2, 0) is 13.0 Å². The van der Waals surface area contributed by atoms with E-state index in [2.05, 4.69) is 20.9 Å². The Balaban J connectivity index is 1.95. The highest BCUT2D eigenvalue weighted by Gasteiger charge is 2.21. The van der Waals surface area contributed by atoms with Gasteiger partial charge < -0.3 is 15.4 Å². The summed E-state index contributed by atoms with van der Waals surface area (Å²) in [7, 11) is 1.63. The lowest BCUT2D eigenvalue weighted by atomic mass is 9.98. The van der Waals surface area contributed by atoms with E-state index < -0.39 is 0 Å². The summed E-state index contributed by atoms with van der Waals surface area (Å²) in [6.07, 6.45) is 2.49. The minimum absolute atomic E-state index is 0.633. The lowest BCUT2D eigenvalue weighted by Gasteiger charge is -2.31. The second-order valence-electron chi connectivity index (χ2n) is 4.99. The van der Waals surface area contributed by atoms with Crippen LogP contribution < -0.4 is 15.4 Å². The standard InChI is InChI=1S/C15H18N4O/c1-10-14(17-9-18-15(10)20-2)19-7-6-12-11(8-19)4-3-5-13(12)16/h3-5,9H,6-8,16H2,1-2H3. The molecule has 1 aromatic carbocycles. The first kappa shape index (κ1) is 12.7. The Bertz CT molecular complexity index is 642. The summed E-state index contributed by atoms with van der Waals surface area (Å²) >= 11 is 0. The monoisotopic (exact) mass is 270 g/mol. The fraction of sp³-hybridized carbons (Fsp3) is 0.333. The number of methoxy groups -OCH3 is 1. The summed E-state index contributed by atoms with van der Waals surface area (Å²) in [6.45, 7) is 3.71. The van der Waals surface area contributed by atoms with Crippen molar-refractivity contribution >= 4 is 11.5 Å². The molecule has 0 radical (unpaired) electrons. The maximum atomic E-state index is 6.04. The molecule has 104 valence electrons. The Hall–Kier alpha value is -2.30. The van der Waals surface area contributed by atoms with Gasteiger partial charge in [0, 0.05) is 18.8 Å². The minimum atomic E-state index is 0.633. The molecule has 0 saturated heterocycles. The zero-order valence-corrected chi connectivity index (χ0v) is 11.8. The van der Waals surface area contributed by atoms with Gasteiger partial charge in [0.2, 0.25) is 5.88 Å². The molecule has 0 spiro atoms. The number of benzene rings is 1. The van der Waals surface area contributed by atoms with E-state index in [1.807, 2.05) is 19.1 Å². The molecule has 0 saturated carbocycles. The third kappa shape index (κ3) is 2.05. The van der Waals surface area contributed by atoms with E-state index in [9.17, 15) is 0 Å². The summed E-state index contributed by atoms with van der Waals surface area (Å²) in [4.78, 5) is 10.8. The van der Waals surface area contributed by atoms with Gasteiger partial charge in [0.1, 0.15) is 12.1 Å². The van der Waals surface area contributed by atoms with Crippen molar-refractivity contribution in [3.63, 3.8) is 0 Å². The fourth-order valence-corrected chi connectivity index (χ4v) is 2.77. The van der Waals surface area contributed by atoms with E-state index in [0.717, 1.165) is 36.6 Å². The smallest absolute Gasteiger partial charge is 0.221 e. The molecule has 5 heteroatoms. The number of fused-ring (bicyclic) bond motifs is 1. The van der Waals surface area contributed by atoms with Gasteiger partial charge in [-0.1, -0.05) is 12.1 Å². The zero-order valence-electron chi connectivity index (χ0n) is 11.8. The van der Waals surface area contributed by atoms with Gasteiger partial charge in [0.05, 0.1) is 12.7 Å². The maximum absolute atomic E-state index is 6.04.